The van der Waals surface area contributed by atoms with Crippen molar-refractivity contribution in [3.05, 3.63) is 88.1 Å². The monoisotopic (exact) mass is 382 g/mol. The molecule has 0 N–H and O–H groups in total. The van der Waals surface area contributed by atoms with Crippen molar-refractivity contribution in [1.29, 1.82) is 0 Å². The van der Waals surface area contributed by atoms with Gasteiger partial charge in [0.2, 0.25) is 6.23 Å². The van der Waals surface area contributed by atoms with Gasteiger partial charge in [-0.25, -0.2) is 9.40 Å². The van der Waals surface area contributed by atoms with E-state index in [-0.39, 0.29) is 11.9 Å². The third kappa shape index (κ3) is 2.79. The highest BCUT2D eigenvalue weighted by molar-refractivity contribution is 6.30. The van der Waals surface area contributed by atoms with Gasteiger partial charge in [-0.3, -0.25) is 0 Å². The second-order valence-electron chi connectivity index (χ2n) is 6.76. The van der Waals surface area contributed by atoms with Gasteiger partial charge in [-0.2, -0.15) is 5.10 Å². The maximum Gasteiger partial charge on any atom is 0.213 e. The molecule has 2 aliphatic heterocycles. The molecule has 2 aromatic carbocycles. The number of halogens is 2. The Balaban J connectivity index is 1.62. The molecule has 5 rings (SSSR count). The first-order valence-electron chi connectivity index (χ1n) is 8.73. The highest BCUT2D eigenvalue weighted by Crippen LogP contribution is 2.48. The number of hydrogen-bond donors (Lipinski definition) is 0. The maximum absolute atomic E-state index is 13.8. The molecule has 0 radical (unpaired) electrons. The van der Waals surface area contributed by atoms with Crippen LogP contribution in [0.5, 0.6) is 5.75 Å². The third-order valence-electron chi connectivity index (χ3n) is 4.91. The molecular formula is C21H16ClFN2O2. The van der Waals surface area contributed by atoms with Crippen LogP contribution in [0, 0.1) is 12.7 Å². The molecule has 3 heterocycles. The molecule has 0 amide bonds. The van der Waals surface area contributed by atoms with Gasteiger partial charge in [0.1, 0.15) is 28.8 Å². The van der Waals surface area contributed by atoms with Crippen molar-refractivity contribution in [3.8, 4) is 5.75 Å². The smallest absolute Gasteiger partial charge is 0.213 e. The zero-order chi connectivity index (χ0) is 18.5. The van der Waals surface area contributed by atoms with Gasteiger partial charge in [-0.1, -0.05) is 23.7 Å². The number of furan rings is 1. The lowest BCUT2D eigenvalue weighted by molar-refractivity contribution is -0.0192. The number of benzene rings is 2. The molecule has 0 spiro atoms. The van der Waals surface area contributed by atoms with E-state index in [4.69, 9.17) is 25.9 Å². The first-order chi connectivity index (χ1) is 13.1. The molecule has 6 heteroatoms. The van der Waals surface area contributed by atoms with E-state index in [2.05, 4.69) is 0 Å². The standard InChI is InChI=1S/C21H16ClFN2O2/c1-12-5-7-20(26-12)17-11-18-16-10-14(22)6-8-19(16)27-21(25(18)24-17)13-3-2-4-15(23)9-13/h2-10,18,21H,11H2,1H3. The Morgan fingerprint density at radius 1 is 1.15 bits per heavy atom. The minimum atomic E-state index is -0.520. The largest absolute Gasteiger partial charge is 0.464 e. The molecule has 1 aromatic heterocycles. The van der Waals surface area contributed by atoms with E-state index in [1.54, 1.807) is 12.1 Å². The topological polar surface area (TPSA) is 38.0 Å². The SMILES string of the molecule is Cc1ccc(C2=NN3C(C2)c2cc(Cl)ccc2OC3c2cccc(F)c2)o1. The number of aryl methyl sites for hydroxylation is 1. The fourth-order valence-corrected chi connectivity index (χ4v) is 3.86. The second kappa shape index (κ2) is 6.13. The predicted molar refractivity (Wildman–Crippen MR) is 100 cm³/mol. The van der Waals surface area contributed by atoms with Crippen LogP contribution in [0.15, 0.2) is 64.1 Å². The Labute approximate surface area is 160 Å². The molecule has 0 fully saturated rings. The zero-order valence-corrected chi connectivity index (χ0v) is 15.3. The lowest BCUT2D eigenvalue weighted by Crippen LogP contribution is -2.33. The fourth-order valence-electron chi connectivity index (χ4n) is 3.68. The van der Waals surface area contributed by atoms with E-state index in [0.717, 1.165) is 28.5 Å². The summed E-state index contributed by atoms with van der Waals surface area (Å²) in [5.74, 6) is 2.00. The molecule has 136 valence electrons. The van der Waals surface area contributed by atoms with Crippen LogP contribution in [0.3, 0.4) is 0 Å². The van der Waals surface area contributed by atoms with Crippen LogP contribution in [-0.2, 0) is 0 Å². The molecule has 27 heavy (non-hydrogen) atoms. The average Bonchev–Trinajstić information content (AvgIpc) is 3.27. The number of rotatable bonds is 2. The van der Waals surface area contributed by atoms with Crippen LogP contribution in [0.4, 0.5) is 4.39 Å². The summed E-state index contributed by atoms with van der Waals surface area (Å²) in [5, 5.41) is 7.29. The van der Waals surface area contributed by atoms with Crippen molar-refractivity contribution in [2.75, 3.05) is 0 Å². The Bertz CT molecular complexity index is 1060. The van der Waals surface area contributed by atoms with Crippen molar-refractivity contribution in [1.82, 2.24) is 5.01 Å². The predicted octanol–water partition coefficient (Wildman–Crippen LogP) is 5.62. The lowest BCUT2D eigenvalue weighted by Gasteiger charge is -2.38. The van der Waals surface area contributed by atoms with Gasteiger partial charge in [-0.15, -0.1) is 0 Å². The highest BCUT2D eigenvalue weighted by Gasteiger charge is 2.41. The number of hydrogen-bond acceptors (Lipinski definition) is 4. The van der Waals surface area contributed by atoms with Gasteiger partial charge in [0.25, 0.3) is 0 Å². The van der Waals surface area contributed by atoms with Crippen LogP contribution < -0.4 is 4.74 Å². The maximum atomic E-state index is 13.8. The molecule has 2 unspecified atom stereocenters. The Hall–Kier alpha value is -2.79. The van der Waals surface area contributed by atoms with E-state index < -0.39 is 6.23 Å². The Morgan fingerprint density at radius 3 is 2.81 bits per heavy atom. The number of hydrazone groups is 1. The average molecular weight is 383 g/mol. The van der Waals surface area contributed by atoms with E-state index >= 15 is 0 Å². The van der Waals surface area contributed by atoms with Crippen LogP contribution in [0.25, 0.3) is 0 Å². The van der Waals surface area contributed by atoms with E-state index in [1.165, 1.54) is 12.1 Å². The molecule has 0 aliphatic carbocycles. The molecular weight excluding hydrogens is 367 g/mol. The third-order valence-corrected chi connectivity index (χ3v) is 5.15. The Kier molecular flexibility index (Phi) is 3.72. The summed E-state index contributed by atoms with van der Waals surface area (Å²) in [4.78, 5) is 0. The highest BCUT2D eigenvalue weighted by atomic mass is 35.5. The van der Waals surface area contributed by atoms with Gasteiger partial charge in [-0.05, 0) is 49.4 Å². The number of nitrogens with zero attached hydrogens (tertiary/aromatic N) is 2. The van der Waals surface area contributed by atoms with Crippen LogP contribution >= 0.6 is 11.6 Å². The fraction of sp³-hybridized carbons (Fsp3) is 0.190. The summed E-state index contributed by atoms with van der Waals surface area (Å²) < 4.78 is 25.8. The molecule has 0 saturated heterocycles. The van der Waals surface area contributed by atoms with Gasteiger partial charge >= 0.3 is 0 Å². The normalized spacial score (nSPS) is 20.7. The summed E-state index contributed by atoms with van der Waals surface area (Å²) in [6.45, 7) is 1.90. The first kappa shape index (κ1) is 16.4. The molecule has 2 aliphatic rings. The van der Waals surface area contributed by atoms with Crippen molar-refractivity contribution >= 4 is 17.3 Å². The summed E-state index contributed by atoms with van der Waals surface area (Å²) >= 11 is 6.22. The summed E-state index contributed by atoms with van der Waals surface area (Å²) in [7, 11) is 0. The van der Waals surface area contributed by atoms with E-state index in [9.17, 15) is 4.39 Å². The quantitative estimate of drug-likeness (QED) is 0.577. The van der Waals surface area contributed by atoms with Crippen molar-refractivity contribution in [2.45, 2.75) is 25.6 Å². The van der Waals surface area contributed by atoms with Crippen molar-refractivity contribution in [2.24, 2.45) is 5.10 Å². The summed E-state index contributed by atoms with van der Waals surface area (Å²) in [5.41, 5.74) is 2.52. The van der Waals surface area contributed by atoms with Gasteiger partial charge in [0.15, 0.2) is 0 Å². The molecule has 4 nitrogen and oxygen atoms in total. The molecule has 3 aromatic rings. The van der Waals surface area contributed by atoms with Crippen LogP contribution in [-0.4, -0.2) is 10.7 Å². The lowest BCUT2D eigenvalue weighted by atomic mass is 9.97. The van der Waals surface area contributed by atoms with E-state index in [1.807, 2.05) is 42.3 Å². The summed E-state index contributed by atoms with van der Waals surface area (Å²) in [6, 6.07) is 15.8. The van der Waals surface area contributed by atoms with E-state index in [0.29, 0.717) is 17.0 Å². The van der Waals surface area contributed by atoms with Gasteiger partial charge < -0.3 is 9.15 Å². The number of fused-ring (bicyclic) bond motifs is 3. The molecule has 0 saturated carbocycles. The van der Waals surface area contributed by atoms with Gasteiger partial charge in [0, 0.05) is 22.6 Å². The molecule has 2 atom stereocenters. The number of ether oxygens (including phenoxy) is 1. The van der Waals surface area contributed by atoms with Crippen molar-refractivity contribution in [3.63, 3.8) is 0 Å². The van der Waals surface area contributed by atoms with Crippen molar-refractivity contribution < 1.29 is 13.5 Å². The molecule has 0 bridgehead atoms. The van der Waals surface area contributed by atoms with Gasteiger partial charge in [0.05, 0.1) is 6.04 Å². The zero-order valence-electron chi connectivity index (χ0n) is 14.5. The van der Waals surface area contributed by atoms with Crippen LogP contribution in [0.1, 0.15) is 41.3 Å². The minimum absolute atomic E-state index is 0.0545. The Morgan fingerprint density at radius 2 is 2.04 bits per heavy atom. The second-order valence-corrected chi connectivity index (χ2v) is 7.20. The van der Waals surface area contributed by atoms with Crippen LogP contribution in [0.2, 0.25) is 5.02 Å². The first-order valence-corrected chi connectivity index (χ1v) is 9.10. The minimum Gasteiger partial charge on any atom is -0.464 e. The summed E-state index contributed by atoms with van der Waals surface area (Å²) in [6.07, 6.45) is 0.142.